The van der Waals surface area contributed by atoms with Crippen molar-refractivity contribution >= 4 is 17.4 Å². The number of nitrogens with zero attached hydrogens (tertiary/aromatic N) is 1. The molecule has 3 atom stereocenters. The third-order valence-corrected chi connectivity index (χ3v) is 5.42. The largest absolute Gasteiger partial charge is 0.373 e. The van der Waals surface area contributed by atoms with Crippen LogP contribution in [-0.2, 0) is 9.59 Å². The second-order valence-corrected chi connectivity index (χ2v) is 7.04. The standard InChI is InChI=1S/C21H21NO3/c23-19(14-16-13-18(16)15-7-3-1-4-8-15)21(25)11-12-22(20(21)24)17-9-5-2-6-10-17/h1-10,16,18,25H,11-14H2/t16-,18-,21+/m1/s1. The van der Waals surface area contributed by atoms with Crippen LogP contribution in [0, 0.1) is 5.92 Å². The molecule has 2 fully saturated rings. The van der Waals surface area contributed by atoms with Crippen LogP contribution in [0.25, 0.3) is 0 Å². The molecule has 0 bridgehead atoms. The highest BCUT2D eigenvalue weighted by atomic mass is 16.3. The van der Waals surface area contributed by atoms with E-state index in [-0.39, 0.29) is 24.5 Å². The predicted octanol–water partition coefficient (Wildman–Crippen LogP) is 2.92. The molecule has 0 radical (unpaired) electrons. The highest BCUT2D eigenvalue weighted by Crippen LogP contribution is 2.50. The lowest BCUT2D eigenvalue weighted by molar-refractivity contribution is -0.147. The molecule has 2 aromatic carbocycles. The van der Waals surface area contributed by atoms with Crippen LogP contribution in [-0.4, -0.2) is 28.9 Å². The number of hydrogen-bond acceptors (Lipinski definition) is 3. The van der Waals surface area contributed by atoms with Crippen LogP contribution >= 0.6 is 0 Å². The topological polar surface area (TPSA) is 57.6 Å². The summed E-state index contributed by atoms with van der Waals surface area (Å²) in [7, 11) is 0. The Hall–Kier alpha value is -2.46. The maximum absolute atomic E-state index is 12.7. The number of para-hydroxylation sites is 1. The minimum atomic E-state index is -1.86. The molecule has 1 amide bonds. The summed E-state index contributed by atoms with van der Waals surface area (Å²) in [5.41, 5.74) is 0.0976. The van der Waals surface area contributed by atoms with E-state index in [2.05, 4.69) is 12.1 Å². The summed E-state index contributed by atoms with van der Waals surface area (Å²) in [4.78, 5) is 26.9. The van der Waals surface area contributed by atoms with Gasteiger partial charge in [0.1, 0.15) is 0 Å². The molecule has 1 N–H and O–H groups in total. The van der Waals surface area contributed by atoms with Gasteiger partial charge in [0.2, 0.25) is 5.60 Å². The average Bonchev–Trinajstić information content (AvgIpc) is 3.35. The van der Waals surface area contributed by atoms with Crippen LogP contribution in [0.2, 0.25) is 0 Å². The van der Waals surface area contributed by atoms with Crippen LogP contribution in [0.15, 0.2) is 60.7 Å². The summed E-state index contributed by atoms with van der Waals surface area (Å²) >= 11 is 0. The molecule has 128 valence electrons. The summed E-state index contributed by atoms with van der Waals surface area (Å²) in [6.45, 7) is 0.373. The Morgan fingerprint density at radius 1 is 1.08 bits per heavy atom. The minimum Gasteiger partial charge on any atom is -0.373 e. The lowest BCUT2D eigenvalue weighted by Gasteiger charge is -2.21. The molecule has 0 aromatic heterocycles. The van der Waals surface area contributed by atoms with Gasteiger partial charge in [0, 0.05) is 25.1 Å². The van der Waals surface area contributed by atoms with Crippen molar-refractivity contribution < 1.29 is 14.7 Å². The highest BCUT2D eigenvalue weighted by molar-refractivity contribution is 6.17. The predicted molar refractivity (Wildman–Crippen MR) is 95.3 cm³/mol. The van der Waals surface area contributed by atoms with Gasteiger partial charge < -0.3 is 10.0 Å². The molecule has 0 unspecified atom stereocenters. The minimum absolute atomic E-state index is 0.169. The molecule has 2 aliphatic rings. The quantitative estimate of drug-likeness (QED) is 0.855. The fourth-order valence-electron chi connectivity index (χ4n) is 3.81. The lowest BCUT2D eigenvalue weighted by atomic mass is 9.92. The molecule has 1 heterocycles. The number of amides is 1. The summed E-state index contributed by atoms with van der Waals surface area (Å²) in [6, 6.07) is 19.3. The molecule has 0 spiro atoms. The van der Waals surface area contributed by atoms with Gasteiger partial charge in [-0.25, -0.2) is 0 Å². The Balaban J connectivity index is 1.43. The van der Waals surface area contributed by atoms with E-state index in [0.29, 0.717) is 12.5 Å². The highest BCUT2D eigenvalue weighted by Gasteiger charge is 2.53. The van der Waals surface area contributed by atoms with E-state index >= 15 is 0 Å². The summed E-state index contributed by atoms with van der Waals surface area (Å²) in [5.74, 6) is -0.215. The number of aliphatic hydroxyl groups is 1. The Morgan fingerprint density at radius 2 is 1.72 bits per heavy atom. The van der Waals surface area contributed by atoms with Crippen molar-refractivity contribution in [1.29, 1.82) is 0 Å². The number of Topliss-reactive ketones (excluding diaryl/α,β-unsaturated/α-hetero) is 1. The van der Waals surface area contributed by atoms with Crippen molar-refractivity contribution in [2.75, 3.05) is 11.4 Å². The fraction of sp³-hybridized carbons (Fsp3) is 0.333. The first kappa shape index (κ1) is 16.0. The van der Waals surface area contributed by atoms with Crippen LogP contribution in [0.4, 0.5) is 5.69 Å². The van der Waals surface area contributed by atoms with Gasteiger partial charge in [-0.1, -0.05) is 48.5 Å². The molecular weight excluding hydrogens is 314 g/mol. The molecule has 2 aromatic rings. The smallest absolute Gasteiger partial charge is 0.266 e. The lowest BCUT2D eigenvalue weighted by Crippen LogP contribution is -2.47. The summed E-state index contributed by atoms with van der Waals surface area (Å²) in [5, 5.41) is 10.8. The van der Waals surface area contributed by atoms with Crippen LogP contribution in [0.1, 0.15) is 30.7 Å². The van der Waals surface area contributed by atoms with Crippen molar-refractivity contribution in [1.82, 2.24) is 0 Å². The third-order valence-electron chi connectivity index (χ3n) is 5.42. The Kier molecular flexibility index (Phi) is 3.92. The van der Waals surface area contributed by atoms with Crippen molar-refractivity contribution in [3.63, 3.8) is 0 Å². The zero-order chi connectivity index (χ0) is 17.4. The SMILES string of the molecule is O=C(C[C@H]1C[C@@H]1c1ccccc1)[C@@]1(O)CCN(c2ccccc2)C1=O. The van der Waals surface area contributed by atoms with Crippen LogP contribution in [0.5, 0.6) is 0 Å². The van der Waals surface area contributed by atoms with Gasteiger partial charge in [0.25, 0.3) is 5.91 Å². The zero-order valence-corrected chi connectivity index (χ0v) is 14.0. The van der Waals surface area contributed by atoms with Gasteiger partial charge in [-0.2, -0.15) is 0 Å². The molecule has 1 aliphatic heterocycles. The normalized spacial score (nSPS) is 28.2. The summed E-state index contributed by atoms with van der Waals surface area (Å²) < 4.78 is 0. The van der Waals surface area contributed by atoms with E-state index in [4.69, 9.17) is 0 Å². The van der Waals surface area contributed by atoms with Gasteiger partial charge >= 0.3 is 0 Å². The average molecular weight is 335 g/mol. The molecule has 25 heavy (non-hydrogen) atoms. The number of carbonyl (C=O) groups excluding carboxylic acids is 2. The van der Waals surface area contributed by atoms with Crippen molar-refractivity contribution in [3.8, 4) is 0 Å². The molecular formula is C21H21NO3. The van der Waals surface area contributed by atoms with E-state index in [1.807, 2.05) is 48.5 Å². The second kappa shape index (κ2) is 6.12. The van der Waals surface area contributed by atoms with Gasteiger partial charge in [-0.3, -0.25) is 9.59 Å². The number of anilines is 1. The maximum Gasteiger partial charge on any atom is 0.266 e. The van der Waals surface area contributed by atoms with Crippen LogP contribution in [0.3, 0.4) is 0 Å². The van der Waals surface area contributed by atoms with E-state index in [1.54, 1.807) is 0 Å². The van der Waals surface area contributed by atoms with Crippen molar-refractivity contribution in [3.05, 3.63) is 66.2 Å². The van der Waals surface area contributed by atoms with Crippen LogP contribution < -0.4 is 4.90 Å². The van der Waals surface area contributed by atoms with Crippen molar-refractivity contribution in [2.24, 2.45) is 5.92 Å². The molecule has 4 nitrogen and oxygen atoms in total. The fourth-order valence-corrected chi connectivity index (χ4v) is 3.81. The third kappa shape index (κ3) is 2.87. The summed E-state index contributed by atoms with van der Waals surface area (Å²) in [6.07, 6.45) is 1.38. The zero-order valence-electron chi connectivity index (χ0n) is 14.0. The van der Waals surface area contributed by atoms with Crippen molar-refractivity contribution in [2.45, 2.75) is 30.8 Å². The first-order valence-corrected chi connectivity index (χ1v) is 8.77. The Morgan fingerprint density at radius 3 is 2.40 bits per heavy atom. The van der Waals surface area contributed by atoms with E-state index in [9.17, 15) is 14.7 Å². The number of rotatable bonds is 5. The maximum atomic E-state index is 12.7. The molecule has 1 aliphatic carbocycles. The van der Waals surface area contributed by atoms with Gasteiger partial charge in [-0.05, 0) is 36.0 Å². The molecule has 4 rings (SSSR count). The van der Waals surface area contributed by atoms with Gasteiger partial charge in [0.05, 0.1) is 0 Å². The molecule has 1 saturated heterocycles. The van der Waals surface area contributed by atoms with Gasteiger partial charge in [-0.15, -0.1) is 0 Å². The number of benzene rings is 2. The van der Waals surface area contributed by atoms with E-state index < -0.39 is 11.5 Å². The number of hydrogen-bond donors (Lipinski definition) is 1. The van der Waals surface area contributed by atoms with Gasteiger partial charge in [0.15, 0.2) is 5.78 Å². The number of ketones is 1. The monoisotopic (exact) mass is 335 g/mol. The first-order valence-electron chi connectivity index (χ1n) is 8.77. The Labute approximate surface area is 147 Å². The second-order valence-electron chi connectivity index (χ2n) is 7.04. The number of carbonyl (C=O) groups is 2. The van der Waals surface area contributed by atoms with E-state index in [0.717, 1.165) is 12.1 Å². The Bertz CT molecular complexity index is 789. The molecule has 1 saturated carbocycles. The van der Waals surface area contributed by atoms with E-state index in [1.165, 1.54) is 10.5 Å². The first-order chi connectivity index (χ1) is 12.1. The molecule has 4 heteroatoms.